The predicted octanol–water partition coefficient (Wildman–Crippen LogP) is 5.37. The third-order valence-electron chi connectivity index (χ3n) is 3.49. The molecule has 106 valence electrons. The van der Waals surface area contributed by atoms with E-state index < -0.39 is 8.32 Å². The molecule has 0 saturated heterocycles. The molecule has 0 fully saturated rings. The van der Waals surface area contributed by atoms with Gasteiger partial charge in [-0.3, -0.25) is 0 Å². The van der Waals surface area contributed by atoms with Gasteiger partial charge >= 0.3 is 0 Å². The van der Waals surface area contributed by atoms with Crippen LogP contribution in [0.3, 0.4) is 0 Å². The molecule has 0 saturated carbocycles. The van der Waals surface area contributed by atoms with Crippen LogP contribution in [0.2, 0.25) is 18.1 Å². The lowest BCUT2D eigenvalue weighted by molar-refractivity contribution is 0.417. The monoisotopic (exact) mass is 295 g/mol. The fourth-order valence-corrected chi connectivity index (χ4v) is 3.61. The summed E-state index contributed by atoms with van der Waals surface area (Å²) in [7, 11) is -1.77. The molecule has 1 aromatic heterocycles. The molecule has 0 radical (unpaired) electrons. The Hall–Kier alpha value is -0.743. The largest absolute Gasteiger partial charge is 0.539 e. The summed E-state index contributed by atoms with van der Waals surface area (Å²) in [6, 6.07) is 4.09. The molecule has 0 aliphatic carbocycles. The van der Waals surface area contributed by atoms with E-state index in [0.717, 1.165) is 10.1 Å². The Bertz CT molecular complexity index is 463. The maximum absolute atomic E-state index is 6.32. The first-order valence-electron chi connectivity index (χ1n) is 6.61. The molecular weight excluding hydrogens is 270 g/mol. The van der Waals surface area contributed by atoms with Crippen molar-refractivity contribution in [2.45, 2.75) is 57.8 Å². The summed E-state index contributed by atoms with van der Waals surface area (Å²) < 4.78 is 6.32. The van der Waals surface area contributed by atoms with Gasteiger partial charge in [0.25, 0.3) is 8.32 Å². The fraction of sp³-hybridized carbons (Fsp3) is 0.533. The van der Waals surface area contributed by atoms with Crippen LogP contribution in [0.5, 0.6) is 0 Å². The lowest BCUT2D eigenvalue weighted by Crippen LogP contribution is -2.40. The summed E-state index contributed by atoms with van der Waals surface area (Å²) in [6.45, 7) is 15.4. The Balaban J connectivity index is 2.82. The average molecular weight is 296 g/mol. The van der Waals surface area contributed by atoms with Gasteiger partial charge in [0.15, 0.2) is 0 Å². The summed E-state index contributed by atoms with van der Waals surface area (Å²) in [6.07, 6.45) is 3.88. The highest BCUT2D eigenvalue weighted by molar-refractivity contribution is 8.02. The van der Waals surface area contributed by atoms with E-state index >= 15 is 0 Å². The molecule has 0 unspecified atom stereocenters. The third-order valence-corrected chi connectivity index (χ3v) is 8.94. The number of allylic oxidation sites excluding steroid dienone is 1. The maximum atomic E-state index is 6.32. The summed E-state index contributed by atoms with van der Waals surface area (Å²) in [5.74, 6) is 0. The van der Waals surface area contributed by atoms with Crippen LogP contribution in [0.4, 0.5) is 0 Å². The Morgan fingerprint density at radius 1 is 1.37 bits per heavy atom. The molecule has 1 aromatic rings. The van der Waals surface area contributed by atoms with Crippen molar-refractivity contribution in [2.24, 2.45) is 0 Å². The van der Waals surface area contributed by atoms with E-state index in [2.05, 4.69) is 51.8 Å². The summed E-state index contributed by atoms with van der Waals surface area (Å²) in [5, 5.41) is 2.17. The maximum Gasteiger partial charge on any atom is 0.251 e. The topological polar surface area (TPSA) is 22.1 Å². The molecule has 4 heteroatoms. The second-order valence-corrected chi connectivity index (χ2v) is 12.0. The number of hydrogen-bond acceptors (Lipinski definition) is 3. The molecule has 2 nitrogen and oxygen atoms in total. The SMILES string of the molecule is CC=C(O[Si](C)(C)C(C)(C)C)Sc1cc(C)ccn1. The molecule has 0 aliphatic rings. The van der Waals surface area contributed by atoms with Gasteiger partial charge < -0.3 is 4.43 Å². The summed E-state index contributed by atoms with van der Waals surface area (Å²) in [4.78, 5) is 4.38. The van der Waals surface area contributed by atoms with Crippen molar-refractivity contribution in [1.29, 1.82) is 0 Å². The van der Waals surface area contributed by atoms with Gasteiger partial charge in [-0.05, 0) is 67.5 Å². The van der Waals surface area contributed by atoms with Crippen molar-refractivity contribution in [3.05, 3.63) is 35.1 Å². The highest BCUT2D eigenvalue weighted by Gasteiger charge is 2.39. The highest BCUT2D eigenvalue weighted by Crippen LogP contribution is 2.40. The number of rotatable bonds is 4. The predicted molar refractivity (Wildman–Crippen MR) is 86.9 cm³/mol. The van der Waals surface area contributed by atoms with Crippen LogP contribution in [0, 0.1) is 6.92 Å². The summed E-state index contributed by atoms with van der Waals surface area (Å²) in [5.41, 5.74) is 1.22. The number of thioether (sulfide) groups is 1. The van der Waals surface area contributed by atoms with Crippen molar-refractivity contribution in [2.75, 3.05) is 0 Å². The molecule has 0 bridgehead atoms. The lowest BCUT2D eigenvalue weighted by Gasteiger charge is -2.36. The van der Waals surface area contributed by atoms with Crippen LogP contribution in [-0.2, 0) is 4.43 Å². The van der Waals surface area contributed by atoms with E-state index in [9.17, 15) is 0 Å². The van der Waals surface area contributed by atoms with Gasteiger partial charge in [0, 0.05) is 6.20 Å². The van der Waals surface area contributed by atoms with Gasteiger partial charge in [0.2, 0.25) is 0 Å². The number of hydrogen-bond donors (Lipinski definition) is 0. The first-order chi connectivity index (χ1) is 8.65. The van der Waals surface area contributed by atoms with Gasteiger partial charge in [-0.2, -0.15) is 0 Å². The molecule has 1 heterocycles. The molecule has 0 spiro atoms. The number of nitrogens with zero attached hydrogens (tertiary/aromatic N) is 1. The van der Waals surface area contributed by atoms with E-state index in [-0.39, 0.29) is 5.04 Å². The van der Waals surface area contributed by atoms with Crippen LogP contribution in [0.1, 0.15) is 33.3 Å². The van der Waals surface area contributed by atoms with Crippen molar-refractivity contribution in [3.63, 3.8) is 0 Å². The lowest BCUT2D eigenvalue weighted by atomic mass is 10.2. The van der Waals surface area contributed by atoms with E-state index in [1.807, 2.05) is 25.3 Å². The van der Waals surface area contributed by atoms with Crippen LogP contribution in [-0.4, -0.2) is 13.3 Å². The Labute approximate surface area is 122 Å². The smallest absolute Gasteiger partial charge is 0.251 e. The van der Waals surface area contributed by atoms with Crippen LogP contribution in [0.25, 0.3) is 0 Å². The second-order valence-electron chi connectivity index (χ2n) is 6.24. The fourth-order valence-electron chi connectivity index (χ4n) is 1.21. The molecule has 0 atom stereocenters. The summed E-state index contributed by atoms with van der Waals surface area (Å²) >= 11 is 1.61. The van der Waals surface area contributed by atoms with Gasteiger partial charge in [0.05, 0.1) is 0 Å². The van der Waals surface area contributed by atoms with E-state index in [1.165, 1.54) is 5.56 Å². The van der Waals surface area contributed by atoms with E-state index in [4.69, 9.17) is 4.43 Å². The van der Waals surface area contributed by atoms with Gasteiger partial charge in [-0.15, -0.1) is 0 Å². The Morgan fingerprint density at radius 2 is 2.00 bits per heavy atom. The van der Waals surface area contributed by atoms with Crippen LogP contribution in [0.15, 0.2) is 34.5 Å². The molecule has 0 N–H and O–H groups in total. The zero-order chi connectivity index (χ0) is 14.7. The quantitative estimate of drug-likeness (QED) is 0.424. The first kappa shape index (κ1) is 16.3. The Kier molecular flexibility index (Phi) is 5.27. The zero-order valence-electron chi connectivity index (χ0n) is 13.1. The minimum atomic E-state index is -1.77. The van der Waals surface area contributed by atoms with Gasteiger partial charge in [-0.1, -0.05) is 20.8 Å². The molecule has 0 aliphatic heterocycles. The average Bonchev–Trinajstić information content (AvgIpc) is 2.26. The molecule has 19 heavy (non-hydrogen) atoms. The highest BCUT2D eigenvalue weighted by atomic mass is 32.2. The Morgan fingerprint density at radius 3 is 2.47 bits per heavy atom. The van der Waals surface area contributed by atoms with Gasteiger partial charge in [-0.25, -0.2) is 4.98 Å². The normalized spacial score (nSPS) is 13.5. The number of aryl methyl sites for hydroxylation is 1. The molecule has 1 rings (SSSR count). The standard InChI is InChI=1S/C15H25NOSSi/c1-8-14(17-19(6,7)15(3,4)5)18-13-11-12(2)9-10-16-13/h8-11H,1-7H3. The molecular formula is C15H25NOSSi. The third kappa shape index (κ3) is 4.69. The number of aromatic nitrogens is 1. The molecule has 0 aromatic carbocycles. The second kappa shape index (κ2) is 6.14. The van der Waals surface area contributed by atoms with Crippen LogP contribution >= 0.6 is 11.8 Å². The zero-order valence-corrected chi connectivity index (χ0v) is 14.9. The number of pyridine rings is 1. The minimum absolute atomic E-state index is 0.210. The first-order valence-corrected chi connectivity index (χ1v) is 10.3. The van der Waals surface area contributed by atoms with Crippen molar-refractivity contribution < 1.29 is 4.43 Å². The van der Waals surface area contributed by atoms with Gasteiger partial charge in [0.1, 0.15) is 10.1 Å². The van der Waals surface area contributed by atoms with Crippen molar-refractivity contribution in [3.8, 4) is 0 Å². The van der Waals surface area contributed by atoms with Crippen molar-refractivity contribution >= 4 is 20.1 Å². The minimum Gasteiger partial charge on any atom is -0.539 e. The van der Waals surface area contributed by atoms with Crippen molar-refractivity contribution in [1.82, 2.24) is 4.98 Å². The van der Waals surface area contributed by atoms with Crippen LogP contribution < -0.4 is 0 Å². The van der Waals surface area contributed by atoms with E-state index in [1.54, 1.807) is 11.8 Å². The van der Waals surface area contributed by atoms with E-state index in [0.29, 0.717) is 0 Å². The molecule has 0 amide bonds.